The first kappa shape index (κ1) is 15.6. The lowest BCUT2D eigenvalue weighted by Crippen LogP contribution is -2.44. The summed E-state index contributed by atoms with van der Waals surface area (Å²) in [6.45, 7) is 2.03. The van der Waals surface area contributed by atoms with Crippen LogP contribution in [0.2, 0.25) is 0 Å². The van der Waals surface area contributed by atoms with Crippen molar-refractivity contribution in [2.45, 2.75) is 63.5 Å². The summed E-state index contributed by atoms with van der Waals surface area (Å²) < 4.78 is 5.29. The summed E-state index contributed by atoms with van der Waals surface area (Å²) in [6, 6.07) is 0.250. The quantitative estimate of drug-likeness (QED) is 0.721. The molecule has 0 aromatic carbocycles. The maximum absolute atomic E-state index is 11.7. The average molecular weight is 284 g/mol. The summed E-state index contributed by atoms with van der Waals surface area (Å²) in [7, 11) is 0. The maximum Gasteiger partial charge on any atom is 0.315 e. The second-order valence-corrected chi connectivity index (χ2v) is 6.04. The number of rotatable bonds is 5. The van der Waals surface area contributed by atoms with Crippen LogP contribution in [0.5, 0.6) is 0 Å². The Balaban J connectivity index is 1.56. The van der Waals surface area contributed by atoms with Gasteiger partial charge in [-0.1, -0.05) is 19.3 Å². The molecule has 5 nitrogen and oxygen atoms in total. The van der Waals surface area contributed by atoms with Crippen molar-refractivity contribution in [3.63, 3.8) is 0 Å². The van der Waals surface area contributed by atoms with Crippen LogP contribution in [0.25, 0.3) is 0 Å². The zero-order chi connectivity index (χ0) is 14.2. The largest absolute Gasteiger partial charge is 0.393 e. The lowest BCUT2D eigenvalue weighted by Gasteiger charge is -2.27. The molecule has 1 saturated heterocycles. The molecule has 1 aliphatic carbocycles. The van der Waals surface area contributed by atoms with Crippen LogP contribution >= 0.6 is 0 Å². The standard InChI is InChI=1S/C15H28N2O3/c18-14(12-7-10-20-11-8-12)6-9-16-15(19)17-13-4-2-1-3-5-13/h12-14,18H,1-11H2,(H2,16,17,19)/t14-/m1/s1. The topological polar surface area (TPSA) is 70.6 Å². The van der Waals surface area contributed by atoms with Gasteiger partial charge >= 0.3 is 6.03 Å². The van der Waals surface area contributed by atoms with Gasteiger partial charge in [-0.3, -0.25) is 0 Å². The number of hydrogen-bond acceptors (Lipinski definition) is 3. The summed E-state index contributed by atoms with van der Waals surface area (Å²) in [6.07, 6.45) is 8.07. The predicted octanol–water partition coefficient (Wildman–Crippen LogP) is 1.80. The van der Waals surface area contributed by atoms with E-state index in [9.17, 15) is 9.90 Å². The maximum atomic E-state index is 11.7. The van der Waals surface area contributed by atoms with Gasteiger partial charge in [0.15, 0.2) is 0 Å². The minimum atomic E-state index is -0.325. The Bertz CT molecular complexity index is 287. The molecule has 2 fully saturated rings. The van der Waals surface area contributed by atoms with E-state index in [1.54, 1.807) is 0 Å². The fraction of sp³-hybridized carbons (Fsp3) is 0.933. The number of urea groups is 1. The minimum absolute atomic E-state index is 0.0870. The van der Waals surface area contributed by atoms with Gasteiger partial charge in [-0.2, -0.15) is 0 Å². The summed E-state index contributed by atoms with van der Waals surface area (Å²) in [5.41, 5.74) is 0. The van der Waals surface area contributed by atoms with Crippen molar-refractivity contribution in [2.75, 3.05) is 19.8 Å². The Labute approximate surface area is 121 Å². The molecule has 20 heavy (non-hydrogen) atoms. The monoisotopic (exact) mass is 284 g/mol. The number of amides is 2. The first-order valence-electron chi connectivity index (χ1n) is 8.06. The Hall–Kier alpha value is -0.810. The lowest BCUT2D eigenvalue weighted by molar-refractivity contribution is 0.00545. The van der Waals surface area contributed by atoms with E-state index >= 15 is 0 Å². The highest BCUT2D eigenvalue weighted by molar-refractivity contribution is 5.74. The lowest BCUT2D eigenvalue weighted by atomic mass is 9.92. The summed E-state index contributed by atoms with van der Waals surface area (Å²) in [4.78, 5) is 11.7. The molecule has 2 amide bonds. The summed E-state index contributed by atoms with van der Waals surface area (Å²) in [5, 5.41) is 16.0. The Morgan fingerprint density at radius 1 is 1.15 bits per heavy atom. The zero-order valence-electron chi connectivity index (χ0n) is 12.3. The second kappa shape index (κ2) is 8.47. The van der Waals surface area contributed by atoms with E-state index in [1.165, 1.54) is 19.3 Å². The van der Waals surface area contributed by atoms with Crippen molar-refractivity contribution in [2.24, 2.45) is 5.92 Å². The summed E-state index contributed by atoms with van der Waals surface area (Å²) in [5.74, 6) is 0.326. The van der Waals surface area contributed by atoms with Crippen molar-refractivity contribution < 1.29 is 14.6 Å². The molecule has 1 atom stereocenters. The van der Waals surface area contributed by atoms with Crippen LogP contribution in [-0.4, -0.2) is 43.0 Å². The number of ether oxygens (including phenoxy) is 1. The van der Waals surface area contributed by atoms with E-state index in [0.717, 1.165) is 38.9 Å². The van der Waals surface area contributed by atoms with E-state index in [2.05, 4.69) is 10.6 Å². The predicted molar refractivity (Wildman–Crippen MR) is 77.6 cm³/mol. The van der Waals surface area contributed by atoms with Gasteiger partial charge in [0.2, 0.25) is 0 Å². The van der Waals surface area contributed by atoms with Gasteiger partial charge in [-0.15, -0.1) is 0 Å². The average Bonchev–Trinajstić information content (AvgIpc) is 2.49. The van der Waals surface area contributed by atoms with E-state index in [0.29, 0.717) is 24.9 Å². The number of carbonyl (C=O) groups is 1. The number of carbonyl (C=O) groups excluding carboxylic acids is 1. The number of hydrogen-bond donors (Lipinski definition) is 3. The normalized spacial score (nSPS) is 23.2. The third kappa shape index (κ3) is 5.29. The molecule has 0 unspecified atom stereocenters. The molecule has 1 heterocycles. The highest BCUT2D eigenvalue weighted by Gasteiger charge is 2.22. The Morgan fingerprint density at radius 2 is 1.85 bits per heavy atom. The van der Waals surface area contributed by atoms with Crippen LogP contribution in [0.4, 0.5) is 4.79 Å². The van der Waals surface area contributed by atoms with Crippen LogP contribution in [0.3, 0.4) is 0 Å². The third-order valence-electron chi connectivity index (χ3n) is 4.48. The fourth-order valence-electron chi connectivity index (χ4n) is 3.15. The van der Waals surface area contributed by atoms with Gasteiger partial charge in [0.05, 0.1) is 6.10 Å². The fourth-order valence-corrected chi connectivity index (χ4v) is 3.15. The third-order valence-corrected chi connectivity index (χ3v) is 4.48. The van der Waals surface area contributed by atoms with Crippen LogP contribution in [0.1, 0.15) is 51.4 Å². The van der Waals surface area contributed by atoms with Gasteiger partial charge in [0.1, 0.15) is 0 Å². The molecule has 0 spiro atoms. The Morgan fingerprint density at radius 3 is 2.55 bits per heavy atom. The van der Waals surface area contributed by atoms with Crippen molar-refractivity contribution in [3.8, 4) is 0 Å². The van der Waals surface area contributed by atoms with Gasteiger partial charge in [-0.05, 0) is 38.0 Å². The van der Waals surface area contributed by atoms with Crippen LogP contribution in [0, 0.1) is 5.92 Å². The number of nitrogens with one attached hydrogen (secondary N) is 2. The molecule has 2 aliphatic rings. The van der Waals surface area contributed by atoms with Crippen LogP contribution in [0.15, 0.2) is 0 Å². The SMILES string of the molecule is O=C(NCC[C@@H](O)C1CCOCC1)NC1CCCCC1. The summed E-state index contributed by atoms with van der Waals surface area (Å²) >= 11 is 0. The minimum Gasteiger partial charge on any atom is -0.393 e. The molecule has 1 saturated carbocycles. The molecular formula is C15H28N2O3. The van der Waals surface area contributed by atoms with Crippen LogP contribution < -0.4 is 10.6 Å². The number of aliphatic hydroxyl groups excluding tert-OH is 1. The Kier molecular flexibility index (Phi) is 6.60. The molecule has 2 rings (SSSR count). The van der Waals surface area contributed by atoms with Gasteiger partial charge in [0.25, 0.3) is 0 Å². The van der Waals surface area contributed by atoms with Gasteiger partial charge < -0.3 is 20.5 Å². The van der Waals surface area contributed by atoms with Gasteiger partial charge in [0, 0.05) is 25.8 Å². The molecular weight excluding hydrogens is 256 g/mol. The first-order chi connectivity index (χ1) is 9.75. The van der Waals surface area contributed by atoms with Crippen molar-refractivity contribution in [3.05, 3.63) is 0 Å². The molecule has 0 bridgehead atoms. The first-order valence-corrected chi connectivity index (χ1v) is 8.06. The molecule has 0 radical (unpaired) electrons. The molecule has 5 heteroatoms. The van der Waals surface area contributed by atoms with Gasteiger partial charge in [-0.25, -0.2) is 4.79 Å². The van der Waals surface area contributed by atoms with Crippen LogP contribution in [-0.2, 0) is 4.74 Å². The van der Waals surface area contributed by atoms with Crippen molar-refractivity contribution in [1.82, 2.24) is 10.6 Å². The molecule has 0 aromatic heterocycles. The van der Waals surface area contributed by atoms with E-state index in [1.807, 2.05) is 0 Å². The number of aliphatic hydroxyl groups is 1. The zero-order valence-corrected chi connectivity index (χ0v) is 12.3. The molecule has 3 N–H and O–H groups in total. The highest BCUT2D eigenvalue weighted by atomic mass is 16.5. The molecule has 1 aliphatic heterocycles. The second-order valence-electron chi connectivity index (χ2n) is 6.04. The molecule has 116 valence electrons. The van der Waals surface area contributed by atoms with E-state index in [4.69, 9.17) is 4.74 Å². The van der Waals surface area contributed by atoms with Crippen molar-refractivity contribution >= 4 is 6.03 Å². The van der Waals surface area contributed by atoms with Crippen molar-refractivity contribution in [1.29, 1.82) is 0 Å². The van der Waals surface area contributed by atoms with E-state index < -0.39 is 0 Å². The highest BCUT2D eigenvalue weighted by Crippen LogP contribution is 2.20. The van der Waals surface area contributed by atoms with E-state index in [-0.39, 0.29) is 12.1 Å². The smallest absolute Gasteiger partial charge is 0.315 e. The molecule has 0 aromatic rings.